The van der Waals surface area contributed by atoms with Crippen molar-refractivity contribution in [3.8, 4) is 5.75 Å². The first-order chi connectivity index (χ1) is 20.5. The average molecular weight is 608 g/mol. The van der Waals surface area contributed by atoms with Gasteiger partial charge in [-0.15, -0.1) is 0 Å². The van der Waals surface area contributed by atoms with E-state index in [-0.39, 0.29) is 6.10 Å². The molecule has 3 heterocycles. The minimum Gasteiger partial charge on any atom is -0.491 e. The van der Waals surface area contributed by atoms with Gasteiger partial charge in [-0.05, 0) is 53.9 Å². The number of benzene rings is 3. The lowest BCUT2D eigenvalue weighted by atomic mass is 10.1. The number of piperazine rings is 1. The summed E-state index contributed by atoms with van der Waals surface area (Å²) in [6, 6.07) is 22.7. The number of aromatic nitrogens is 2. The van der Waals surface area contributed by atoms with Gasteiger partial charge in [0, 0.05) is 61.4 Å². The van der Waals surface area contributed by atoms with Crippen molar-refractivity contribution in [3.63, 3.8) is 0 Å². The van der Waals surface area contributed by atoms with Crippen LogP contribution in [0.15, 0.2) is 85.5 Å². The summed E-state index contributed by atoms with van der Waals surface area (Å²) in [5.74, 6) is -0.269. The number of imidazole rings is 1. The van der Waals surface area contributed by atoms with Crippen molar-refractivity contribution in [2.24, 2.45) is 0 Å². The normalized spacial score (nSPS) is 21.1. The summed E-state index contributed by atoms with van der Waals surface area (Å²) < 4.78 is 20.8. The van der Waals surface area contributed by atoms with Crippen molar-refractivity contribution < 1.29 is 14.2 Å². The summed E-state index contributed by atoms with van der Waals surface area (Å²) in [5, 5.41) is 1.05. The van der Waals surface area contributed by atoms with Crippen molar-refractivity contribution in [1.82, 2.24) is 14.5 Å². The fourth-order valence-corrected chi connectivity index (χ4v) is 6.17. The highest BCUT2D eigenvalue weighted by atomic mass is 35.5. The average Bonchev–Trinajstić information content (AvgIpc) is 3.68. The van der Waals surface area contributed by atoms with Crippen molar-refractivity contribution in [2.45, 2.75) is 38.3 Å². The van der Waals surface area contributed by atoms with Gasteiger partial charge in [0.15, 0.2) is 0 Å². The molecule has 0 aliphatic carbocycles. The molecule has 2 unspecified atom stereocenters. The van der Waals surface area contributed by atoms with Gasteiger partial charge in [-0.25, -0.2) is 4.98 Å². The Kier molecular flexibility index (Phi) is 9.03. The highest BCUT2D eigenvalue weighted by Crippen LogP contribution is 2.40. The molecule has 0 radical (unpaired) electrons. The monoisotopic (exact) mass is 606 g/mol. The number of aryl methyl sites for hydroxylation is 1. The van der Waals surface area contributed by atoms with Crippen molar-refractivity contribution in [2.75, 3.05) is 44.3 Å². The number of nitrogens with zero attached hydrogens (tertiary/aromatic N) is 4. The van der Waals surface area contributed by atoms with Crippen LogP contribution in [0.5, 0.6) is 5.75 Å². The van der Waals surface area contributed by atoms with Crippen LogP contribution in [0.2, 0.25) is 10.0 Å². The first kappa shape index (κ1) is 29.0. The molecular formula is C33H36Cl2N4O3. The Morgan fingerprint density at radius 3 is 2.40 bits per heavy atom. The Labute approximate surface area is 257 Å². The van der Waals surface area contributed by atoms with E-state index < -0.39 is 5.79 Å². The minimum absolute atomic E-state index is 0.272. The van der Waals surface area contributed by atoms with Crippen LogP contribution in [-0.2, 0) is 34.8 Å². The van der Waals surface area contributed by atoms with E-state index in [1.54, 1.807) is 24.7 Å². The number of rotatable bonds is 10. The lowest BCUT2D eigenvalue weighted by molar-refractivity contribution is -0.189. The van der Waals surface area contributed by atoms with Gasteiger partial charge in [0.2, 0.25) is 5.79 Å². The standard InChI is InChI=1S/C33H36Cl2N4O3/c1-2-25-3-5-26(6-4-25)20-37-15-17-39(18-16-37)28-8-10-29(11-9-28)40-21-30-22-41-33(42-30,23-38-14-13-36-24-38)31-12-7-27(34)19-32(31)35/h3-14,19,24,30H,2,15-18,20-23H2,1H3. The molecule has 1 aromatic heterocycles. The molecule has 42 heavy (non-hydrogen) atoms. The van der Waals surface area contributed by atoms with Crippen LogP contribution >= 0.6 is 23.2 Å². The summed E-state index contributed by atoms with van der Waals surface area (Å²) >= 11 is 12.7. The van der Waals surface area contributed by atoms with E-state index in [1.807, 2.05) is 29.0 Å². The van der Waals surface area contributed by atoms with Crippen LogP contribution in [0.3, 0.4) is 0 Å². The van der Waals surface area contributed by atoms with E-state index >= 15 is 0 Å². The second-order valence-electron chi connectivity index (χ2n) is 10.9. The van der Waals surface area contributed by atoms with Gasteiger partial charge in [-0.1, -0.05) is 60.5 Å². The Morgan fingerprint density at radius 2 is 1.71 bits per heavy atom. The number of halogens is 2. The molecule has 3 aromatic carbocycles. The fourth-order valence-electron chi connectivity index (χ4n) is 5.62. The van der Waals surface area contributed by atoms with Crippen LogP contribution in [0.25, 0.3) is 0 Å². The molecule has 0 amide bonds. The zero-order chi connectivity index (χ0) is 28.9. The molecule has 2 aliphatic heterocycles. The Bertz CT molecular complexity index is 1440. The van der Waals surface area contributed by atoms with E-state index in [9.17, 15) is 0 Å². The molecule has 0 bridgehead atoms. The molecule has 2 aliphatic rings. The Balaban J connectivity index is 1.02. The predicted octanol–water partition coefficient (Wildman–Crippen LogP) is 6.42. The maximum atomic E-state index is 6.59. The number of hydrogen-bond acceptors (Lipinski definition) is 6. The van der Waals surface area contributed by atoms with Crippen LogP contribution < -0.4 is 9.64 Å². The third kappa shape index (κ3) is 6.77. The first-order valence-corrected chi connectivity index (χ1v) is 15.3. The largest absolute Gasteiger partial charge is 0.491 e. The zero-order valence-electron chi connectivity index (χ0n) is 23.8. The second-order valence-corrected chi connectivity index (χ2v) is 11.7. The van der Waals surface area contributed by atoms with Crippen molar-refractivity contribution in [3.05, 3.63) is 112 Å². The lowest BCUT2D eigenvalue weighted by Gasteiger charge is -2.36. The number of hydrogen-bond donors (Lipinski definition) is 0. The van der Waals surface area contributed by atoms with Gasteiger partial charge in [-0.3, -0.25) is 4.90 Å². The number of ether oxygens (including phenoxy) is 3. The SMILES string of the molecule is CCc1ccc(CN2CCN(c3ccc(OCC4COC(Cn5ccnc5)(c5ccc(Cl)cc5Cl)O4)cc3)CC2)cc1. The highest BCUT2D eigenvalue weighted by Gasteiger charge is 2.45. The summed E-state index contributed by atoms with van der Waals surface area (Å²) in [7, 11) is 0. The molecule has 0 spiro atoms. The van der Waals surface area contributed by atoms with Crippen molar-refractivity contribution >= 4 is 28.9 Å². The fraction of sp³-hybridized carbons (Fsp3) is 0.364. The maximum Gasteiger partial charge on any atom is 0.215 e. The first-order valence-electron chi connectivity index (χ1n) is 14.5. The van der Waals surface area contributed by atoms with E-state index in [4.69, 9.17) is 37.4 Å². The van der Waals surface area contributed by atoms with Gasteiger partial charge in [-0.2, -0.15) is 0 Å². The molecule has 9 heteroatoms. The molecule has 2 fully saturated rings. The van der Waals surface area contributed by atoms with Crippen LogP contribution in [0.4, 0.5) is 5.69 Å². The van der Waals surface area contributed by atoms with Crippen LogP contribution in [0, 0.1) is 0 Å². The highest BCUT2D eigenvalue weighted by molar-refractivity contribution is 6.35. The molecule has 7 nitrogen and oxygen atoms in total. The molecule has 0 saturated carbocycles. The topological polar surface area (TPSA) is 52.0 Å². The summed E-state index contributed by atoms with van der Waals surface area (Å²) in [5.41, 5.74) is 4.71. The van der Waals surface area contributed by atoms with Crippen LogP contribution in [0.1, 0.15) is 23.6 Å². The van der Waals surface area contributed by atoms with E-state index in [1.165, 1.54) is 16.8 Å². The molecule has 220 valence electrons. The molecule has 4 aromatic rings. The molecule has 2 saturated heterocycles. The summed E-state index contributed by atoms with van der Waals surface area (Å²) in [6.45, 7) is 8.44. The van der Waals surface area contributed by atoms with Gasteiger partial charge >= 0.3 is 0 Å². The lowest BCUT2D eigenvalue weighted by Crippen LogP contribution is -2.45. The predicted molar refractivity (Wildman–Crippen MR) is 166 cm³/mol. The third-order valence-corrected chi connectivity index (χ3v) is 8.55. The maximum absolute atomic E-state index is 6.59. The molecule has 0 N–H and O–H groups in total. The van der Waals surface area contributed by atoms with Gasteiger partial charge in [0.1, 0.15) is 18.5 Å². The minimum atomic E-state index is -1.07. The van der Waals surface area contributed by atoms with Crippen molar-refractivity contribution in [1.29, 1.82) is 0 Å². The Hall–Kier alpha value is -3.07. The zero-order valence-corrected chi connectivity index (χ0v) is 25.3. The smallest absolute Gasteiger partial charge is 0.215 e. The summed E-state index contributed by atoms with van der Waals surface area (Å²) in [4.78, 5) is 9.12. The third-order valence-electron chi connectivity index (χ3n) is 8.00. The van der Waals surface area contributed by atoms with Gasteiger partial charge < -0.3 is 23.7 Å². The van der Waals surface area contributed by atoms with Gasteiger partial charge in [0.25, 0.3) is 0 Å². The van der Waals surface area contributed by atoms with E-state index in [0.29, 0.717) is 29.8 Å². The molecule has 2 atom stereocenters. The summed E-state index contributed by atoms with van der Waals surface area (Å²) in [6.07, 6.45) is 6.14. The second kappa shape index (κ2) is 13.1. The van der Waals surface area contributed by atoms with Gasteiger partial charge in [0.05, 0.1) is 24.5 Å². The Morgan fingerprint density at radius 1 is 0.952 bits per heavy atom. The molecule has 6 rings (SSSR count). The quantitative estimate of drug-likeness (QED) is 0.207. The van der Waals surface area contributed by atoms with E-state index in [0.717, 1.165) is 50.5 Å². The number of anilines is 1. The van der Waals surface area contributed by atoms with E-state index in [2.05, 4.69) is 58.1 Å². The van der Waals surface area contributed by atoms with Crippen LogP contribution in [-0.4, -0.2) is 59.9 Å². The molecular weight excluding hydrogens is 571 g/mol.